The van der Waals surface area contributed by atoms with Gasteiger partial charge in [-0.3, -0.25) is 19.5 Å². The molecule has 1 aliphatic rings. The number of carbonyl (C=O) groups excluding carboxylic acids is 2. The van der Waals surface area contributed by atoms with Crippen molar-refractivity contribution in [2.24, 2.45) is 4.99 Å². The number of hydrogen-bond acceptors (Lipinski definition) is 3. The number of imide groups is 1. The van der Waals surface area contributed by atoms with Crippen LogP contribution in [0.1, 0.15) is 52.5 Å². The summed E-state index contributed by atoms with van der Waals surface area (Å²) in [6.45, 7) is 3.32. The van der Waals surface area contributed by atoms with Crippen LogP contribution >= 0.6 is 24.0 Å². The minimum atomic E-state index is -0.187. The zero-order valence-corrected chi connectivity index (χ0v) is 20.5. The number of amides is 2. The summed E-state index contributed by atoms with van der Waals surface area (Å²) in [5, 5.41) is 6.73. The summed E-state index contributed by atoms with van der Waals surface area (Å²) in [4.78, 5) is 30.4. The number of nitrogens with zero attached hydrogens (tertiary/aromatic N) is 2. The van der Waals surface area contributed by atoms with Gasteiger partial charge in [0.1, 0.15) is 0 Å². The van der Waals surface area contributed by atoms with Gasteiger partial charge in [-0.05, 0) is 50.3 Å². The monoisotopic (exact) mass is 534 g/mol. The Morgan fingerprint density at radius 1 is 0.968 bits per heavy atom. The van der Waals surface area contributed by atoms with E-state index in [4.69, 9.17) is 0 Å². The van der Waals surface area contributed by atoms with Gasteiger partial charge in [0.2, 0.25) is 0 Å². The van der Waals surface area contributed by atoms with E-state index >= 15 is 0 Å². The third kappa shape index (κ3) is 6.78. The molecule has 3 rings (SSSR count). The quantitative estimate of drug-likeness (QED) is 0.169. The number of aliphatic imine (C=N–C) groups is 1. The molecule has 0 saturated carbocycles. The molecule has 0 bridgehead atoms. The van der Waals surface area contributed by atoms with Crippen LogP contribution in [-0.4, -0.2) is 48.9 Å². The van der Waals surface area contributed by atoms with Crippen molar-refractivity contribution in [3.05, 3.63) is 71.3 Å². The van der Waals surface area contributed by atoms with Gasteiger partial charge in [-0.1, -0.05) is 42.5 Å². The molecule has 0 radical (unpaired) electrons. The number of carbonyl (C=O) groups is 2. The summed E-state index contributed by atoms with van der Waals surface area (Å²) >= 11 is 0. The smallest absolute Gasteiger partial charge is 0.261 e. The van der Waals surface area contributed by atoms with Gasteiger partial charge in [-0.15, -0.1) is 24.0 Å². The molecule has 6 nitrogen and oxygen atoms in total. The topological polar surface area (TPSA) is 73.8 Å². The third-order valence-corrected chi connectivity index (χ3v) is 5.29. The average Bonchev–Trinajstić information content (AvgIpc) is 3.02. The van der Waals surface area contributed by atoms with Gasteiger partial charge < -0.3 is 10.6 Å². The number of hydrogen-bond donors (Lipinski definition) is 2. The zero-order valence-electron chi connectivity index (χ0n) is 18.1. The fourth-order valence-corrected chi connectivity index (χ4v) is 3.57. The number of unbranched alkanes of at least 4 members (excludes halogenated alkanes) is 1. The maximum Gasteiger partial charge on any atom is 0.261 e. The van der Waals surface area contributed by atoms with Crippen LogP contribution in [0.4, 0.5) is 0 Å². The van der Waals surface area contributed by atoms with Crippen molar-refractivity contribution in [3.8, 4) is 0 Å². The minimum Gasteiger partial charge on any atom is -0.356 e. The molecule has 166 valence electrons. The highest BCUT2D eigenvalue weighted by Crippen LogP contribution is 2.22. The van der Waals surface area contributed by atoms with Crippen molar-refractivity contribution in [1.29, 1.82) is 0 Å². The van der Waals surface area contributed by atoms with Crippen LogP contribution in [0.3, 0.4) is 0 Å². The molecule has 0 saturated heterocycles. The molecule has 2 amide bonds. The van der Waals surface area contributed by atoms with Gasteiger partial charge in [0, 0.05) is 26.2 Å². The Kier molecular flexibility index (Phi) is 9.97. The normalized spacial score (nSPS) is 14.1. The summed E-state index contributed by atoms with van der Waals surface area (Å²) in [5.74, 6) is 0.401. The fourth-order valence-electron chi connectivity index (χ4n) is 3.57. The van der Waals surface area contributed by atoms with Gasteiger partial charge in [0.15, 0.2) is 5.96 Å². The molecule has 0 fully saturated rings. The predicted octanol–water partition coefficient (Wildman–Crippen LogP) is 3.87. The second-order valence-electron chi connectivity index (χ2n) is 7.58. The van der Waals surface area contributed by atoms with Crippen LogP contribution in [0, 0.1) is 0 Å². The molecule has 1 aliphatic heterocycles. The van der Waals surface area contributed by atoms with Gasteiger partial charge in [0.05, 0.1) is 11.1 Å². The molecule has 0 aromatic heterocycles. The van der Waals surface area contributed by atoms with Crippen molar-refractivity contribution in [1.82, 2.24) is 15.5 Å². The molecule has 1 atom stereocenters. The Morgan fingerprint density at radius 3 is 2.19 bits per heavy atom. The number of benzene rings is 2. The average molecular weight is 534 g/mol. The predicted molar refractivity (Wildman–Crippen MR) is 135 cm³/mol. The van der Waals surface area contributed by atoms with Crippen LogP contribution in [0.15, 0.2) is 59.6 Å². The zero-order chi connectivity index (χ0) is 21.3. The van der Waals surface area contributed by atoms with Crippen molar-refractivity contribution in [2.75, 3.05) is 20.1 Å². The molecular formula is C24H31IN4O2. The van der Waals surface area contributed by atoms with E-state index in [1.54, 1.807) is 31.3 Å². The van der Waals surface area contributed by atoms with Crippen molar-refractivity contribution < 1.29 is 9.59 Å². The van der Waals surface area contributed by atoms with Crippen LogP contribution in [0.2, 0.25) is 0 Å². The second kappa shape index (κ2) is 12.4. The minimum absolute atomic E-state index is 0. The highest BCUT2D eigenvalue weighted by Gasteiger charge is 2.34. The van der Waals surface area contributed by atoms with E-state index in [0.29, 0.717) is 23.7 Å². The lowest BCUT2D eigenvalue weighted by Gasteiger charge is -2.18. The Hall–Kier alpha value is -2.42. The molecule has 0 spiro atoms. The van der Waals surface area contributed by atoms with E-state index in [9.17, 15) is 9.59 Å². The lowest BCUT2D eigenvalue weighted by atomic mass is 10.1. The van der Waals surface area contributed by atoms with Crippen molar-refractivity contribution in [2.45, 2.75) is 38.6 Å². The largest absolute Gasteiger partial charge is 0.356 e. The second-order valence-corrected chi connectivity index (χ2v) is 7.58. The van der Waals surface area contributed by atoms with E-state index in [1.807, 2.05) is 6.07 Å². The first-order valence-corrected chi connectivity index (χ1v) is 10.6. The molecule has 2 N–H and O–H groups in total. The van der Waals surface area contributed by atoms with Crippen LogP contribution in [0.5, 0.6) is 0 Å². The van der Waals surface area contributed by atoms with Gasteiger partial charge in [-0.2, -0.15) is 0 Å². The van der Waals surface area contributed by atoms with E-state index in [0.717, 1.165) is 38.2 Å². The molecule has 31 heavy (non-hydrogen) atoms. The van der Waals surface area contributed by atoms with Crippen LogP contribution in [-0.2, 0) is 6.42 Å². The van der Waals surface area contributed by atoms with E-state index < -0.39 is 0 Å². The number of nitrogens with one attached hydrogen (secondary N) is 2. The molecule has 2 aromatic carbocycles. The number of guanidine groups is 1. The number of halogens is 1. The molecular weight excluding hydrogens is 503 g/mol. The molecule has 0 aliphatic carbocycles. The first-order chi connectivity index (χ1) is 14.6. The Balaban J connectivity index is 0.00000341. The van der Waals surface area contributed by atoms with Gasteiger partial charge in [-0.25, -0.2) is 0 Å². The molecule has 1 unspecified atom stereocenters. The summed E-state index contributed by atoms with van der Waals surface area (Å²) < 4.78 is 0. The number of aryl methyl sites for hydroxylation is 1. The van der Waals surface area contributed by atoms with Crippen LogP contribution in [0.25, 0.3) is 0 Å². The molecule has 2 aromatic rings. The van der Waals surface area contributed by atoms with Crippen molar-refractivity contribution >= 4 is 41.8 Å². The van der Waals surface area contributed by atoms with Gasteiger partial charge in [0.25, 0.3) is 11.8 Å². The lowest BCUT2D eigenvalue weighted by molar-refractivity contribution is 0.0652. The Labute approximate surface area is 201 Å². The Bertz CT molecular complexity index is 866. The third-order valence-electron chi connectivity index (χ3n) is 5.29. The first kappa shape index (κ1) is 24.8. The highest BCUT2D eigenvalue weighted by molar-refractivity contribution is 14.0. The first-order valence-electron chi connectivity index (χ1n) is 10.6. The summed E-state index contributed by atoms with van der Waals surface area (Å²) in [5.41, 5.74) is 2.35. The fraction of sp³-hybridized carbons (Fsp3) is 0.375. The number of fused-ring (bicyclic) bond motifs is 1. The summed E-state index contributed by atoms with van der Waals surface area (Å²) in [7, 11) is 1.76. The highest BCUT2D eigenvalue weighted by atomic mass is 127. The maximum absolute atomic E-state index is 12.4. The maximum atomic E-state index is 12.4. The molecule has 1 heterocycles. The number of rotatable bonds is 9. The van der Waals surface area contributed by atoms with E-state index in [2.05, 4.69) is 46.8 Å². The molecule has 7 heteroatoms. The van der Waals surface area contributed by atoms with Crippen LogP contribution < -0.4 is 10.6 Å². The lowest BCUT2D eigenvalue weighted by Crippen LogP contribution is -2.42. The Morgan fingerprint density at radius 2 is 1.58 bits per heavy atom. The standard InChI is InChI=1S/C24H30N4O2.HI/c1-18(14-15-19-10-4-3-5-11-19)27-24(25-2)26-16-8-9-17-28-22(29)20-12-6-7-13-21(20)23(28)30;/h3-7,10-13,18H,8-9,14-17H2,1-2H3,(H2,25,26,27);1H. The summed E-state index contributed by atoms with van der Waals surface area (Å²) in [6, 6.07) is 17.8. The van der Waals surface area contributed by atoms with E-state index in [1.165, 1.54) is 10.5 Å². The van der Waals surface area contributed by atoms with Gasteiger partial charge >= 0.3 is 0 Å². The summed E-state index contributed by atoms with van der Waals surface area (Å²) in [6.07, 6.45) is 3.63. The van der Waals surface area contributed by atoms with E-state index in [-0.39, 0.29) is 35.8 Å². The van der Waals surface area contributed by atoms with Crippen molar-refractivity contribution in [3.63, 3.8) is 0 Å². The SMILES string of the molecule is CN=C(NCCCCN1C(=O)c2ccccc2C1=O)NC(C)CCc1ccccc1.I.